The van der Waals surface area contributed by atoms with Gasteiger partial charge in [0, 0.05) is 17.8 Å². The maximum Gasteiger partial charge on any atom is 0.327 e. The molecule has 0 spiro atoms. The summed E-state index contributed by atoms with van der Waals surface area (Å²) in [5, 5.41) is 13.0. The van der Waals surface area contributed by atoms with Crippen LogP contribution < -0.4 is 5.32 Å². The summed E-state index contributed by atoms with van der Waals surface area (Å²) in [5.74, 6) is 0.343. The van der Waals surface area contributed by atoms with Crippen molar-refractivity contribution in [2.45, 2.75) is 55.6 Å². The molecule has 1 amide bonds. The van der Waals surface area contributed by atoms with Crippen LogP contribution in [0.15, 0.2) is 0 Å². The Morgan fingerprint density at radius 1 is 1.20 bits per heavy atom. The predicted molar refractivity (Wildman–Crippen MR) is 75.3 cm³/mol. The van der Waals surface area contributed by atoms with Gasteiger partial charge in [0.05, 0.1) is 11.3 Å². The maximum absolute atomic E-state index is 12.9. The number of carbonyl (C=O) groups is 2. The van der Waals surface area contributed by atoms with Gasteiger partial charge in [-0.1, -0.05) is 0 Å². The maximum atomic E-state index is 12.9. The van der Waals surface area contributed by atoms with Crippen molar-refractivity contribution in [3.63, 3.8) is 0 Å². The minimum atomic E-state index is -0.842. The first-order chi connectivity index (χ1) is 9.65. The molecule has 2 bridgehead atoms. The Morgan fingerprint density at radius 2 is 2.00 bits per heavy atom. The molecule has 1 saturated carbocycles. The molecule has 0 aromatic carbocycles. The zero-order valence-electron chi connectivity index (χ0n) is 11.3. The van der Waals surface area contributed by atoms with E-state index in [1.54, 1.807) is 16.7 Å². The number of thioether (sulfide) groups is 1. The number of carboxylic acids is 1. The number of aliphatic carboxylic acids is 1. The lowest BCUT2D eigenvalue weighted by Gasteiger charge is -2.32. The molecule has 3 heterocycles. The number of rotatable bonds is 3. The average Bonchev–Trinajstić information content (AvgIpc) is 2.91. The Hall–Kier alpha value is -0.750. The first-order valence-corrected chi connectivity index (χ1v) is 8.62. The third-order valence-corrected chi connectivity index (χ3v) is 6.68. The van der Waals surface area contributed by atoms with E-state index in [9.17, 15) is 14.7 Å². The van der Waals surface area contributed by atoms with Crippen LogP contribution in [-0.2, 0) is 9.59 Å². The number of carbonyl (C=O) groups excluding carboxylic acids is 1. The first-order valence-electron chi connectivity index (χ1n) is 7.58. The van der Waals surface area contributed by atoms with Crippen molar-refractivity contribution in [3.05, 3.63) is 0 Å². The zero-order chi connectivity index (χ0) is 13.9. The third kappa shape index (κ3) is 1.96. The summed E-state index contributed by atoms with van der Waals surface area (Å²) in [6, 6.07) is 0.150. The van der Waals surface area contributed by atoms with Gasteiger partial charge in [-0.15, -0.1) is 11.8 Å². The smallest absolute Gasteiger partial charge is 0.327 e. The van der Waals surface area contributed by atoms with Crippen LogP contribution in [0.25, 0.3) is 0 Å². The lowest BCUT2D eigenvalue weighted by molar-refractivity contribution is -0.151. The highest BCUT2D eigenvalue weighted by Crippen LogP contribution is 2.47. The normalized spacial score (nSPS) is 43.2. The SMILES string of the molecule is O=C(O)C1CSC(C2CC2)N1C(=O)C1CC2CCC1N2. The van der Waals surface area contributed by atoms with Gasteiger partial charge in [0.25, 0.3) is 0 Å². The van der Waals surface area contributed by atoms with Gasteiger partial charge in [-0.05, 0) is 38.0 Å². The van der Waals surface area contributed by atoms with E-state index in [2.05, 4.69) is 5.32 Å². The van der Waals surface area contributed by atoms with Crippen LogP contribution in [-0.4, -0.2) is 51.1 Å². The fourth-order valence-electron chi connectivity index (χ4n) is 4.03. The second-order valence-electron chi connectivity index (χ2n) is 6.55. The lowest BCUT2D eigenvalue weighted by atomic mass is 9.87. The highest BCUT2D eigenvalue weighted by molar-refractivity contribution is 8.00. The lowest BCUT2D eigenvalue weighted by Crippen LogP contribution is -2.50. The second-order valence-corrected chi connectivity index (χ2v) is 7.70. The van der Waals surface area contributed by atoms with Crippen LogP contribution in [0.4, 0.5) is 0 Å². The van der Waals surface area contributed by atoms with Crippen molar-refractivity contribution in [1.82, 2.24) is 10.2 Å². The highest BCUT2D eigenvalue weighted by Gasteiger charge is 2.52. The fourth-order valence-corrected chi connectivity index (χ4v) is 5.67. The Balaban J connectivity index is 1.56. The Kier molecular flexibility index (Phi) is 3.00. The van der Waals surface area contributed by atoms with E-state index in [0.29, 0.717) is 17.7 Å². The van der Waals surface area contributed by atoms with Gasteiger partial charge < -0.3 is 15.3 Å². The first kappa shape index (κ1) is 13.0. The number of nitrogens with zero attached hydrogens (tertiary/aromatic N) is 1. The molecular weight excluding hydrogens is 276 g/mol. The van der Waals surface area contributed by atoms with E-state index in [1.807, 2.05) is 0 Å². The average molecular weight is 296 g/mol. The van der Waals surface area contributed by atoms with E-state index in [-0.39, 0.29) is 23.2 Å². The molecular formula is C14H20N2O3S. The number of carboxylic acid groups (broad SMARTS) is 1. The van der Waals surface area contributed by atoms with Gasteiger partial charge in [-0.25, -0.2) is 4.79 Å². The van der Waals surface area contributed by atoms with Crippen LogP contribution in [0.1, 0.15) is 32.1 Å². The molecule has 6 heteroatoms. The molecule has 20 heavy (non-hydrogen) atoms. The van der Waals surface area contributed by atoms with E-state index in [1.165, 1.54) is 0 Å². The van der Waals surface area contributed by atoms with Crippen molar-refractivity contribution in [2.75, 3.05) is 5.75 Å². The molecule has 4 fully saturated rings. The number of hydrogen-bond acceptors (Lipinski definition) is 4. The van der Waals surface area contributed by atoms with Crippen LogP contribution in [0.3, 0.4) is 0 Å². The fraction of sp³-hybridized carbons (Fsp3) is 0.857. The van der Waals surface area contributed by atoms with Crippen LogP contribution in [0.5, 0.6) is 0 Å². The number of amides is 1. The van der Waals surface area contributed by atoms with Gasteiger partial charge in [0.2, 0.25) is 5.91 Å². The Bertz CT molecular complexity index is 454. The predicted octanol–water partition coefficient (Wildman–Crippen LogP) is 0.892. The molecule has 110 valence electrons. The monoisotopic (exact) mass is 296 g/mol. The standard InChI is InChI=1S/C14H20N2O3S/c17-12(9-5-8-3-4-10(9)15-8)16-11(14(18)19)6-20-13(16)7-1-2-7/h7-11,13,15H,1-6H2,(H,18,19). The van der Waals surface area contributed by atoms with Crippen molar-refractivity contribution >= 4 is 23.6 Å². The molecule has 4 aliphatic rings. The molecule has 5 atom stereocenters. The van der Waals surface area contributed by atoms with E-state index in [0.717, 1.165) is 32.1 Å². The van der Waals surface area contributed by atoms with E-state index in [4.69, 9.17) is 0 Å². The third-order valence-electron chi connectivity index (χ3n) is 5.22. The van der Waals surface area contributed by atoms with Crippen molar-refractivity contribution in [2.24, 2.45) is 11.8 Å². The molecule has 0 aromatic rings. The van der Waals surface area contributed by atoms with Crippen molar-refractivity contribution in [3.8, 4) is 0 Å². The van der Waals surface area contributed by atoms with E-state index < -0.39 is 12.0 Å². The van der Waals surface area contributed by atoms with Crippen molar-refractivity contribution in [1.29, 1.82) is 0 Å². The van der Waals surface area contributed by atoms with Crippen LogP contribution in [0.2, 0.25) is 0 Å². The zero-order valence-corrected chi connectivity index (χ0v) is 12.1. The molecule has 1 aliphatic carbocycles. The molecule has 2 N–H and O–H groups in total. The second kappa shape index (κ2) is 4.63. The summed E-state index contributed by atoms with van der Waals surface area (Å²) in [5.41, 5.74) is 0. The van der Waals surface area contributed by atoms with Gasteiger partial charge in [-0.2, -0.15) is 0 Å². The summed E-state index contributed by atoms with van der Waals surface area (Å²) < 4.78 is 0. The summed E-state index contributed by atoms with van der Waals surface area (Å²) in [7, 11) is 0. The minimum absolute atomic E-state index is 0.00977. The summed E-state index contributed by atoms with van der Waals surface area (Å²) in [4.78, 5) is 26.1. The molecule has 3 aliphatic heterocycles. The molecule has 3 saturated heterocycles. The Labute approximate surface area is 122 Å². The van der Waals surface area contributed by atoms with Gasteiger partial charge in [-0.3, -0.25) is 4.79 Å². The largest absolute Gasteiger partial charge is 0.480 e. The number of fused-ring (bicyclic) bond motifs is 2. The van der Waals surface area contributed by atoms with Gasteiger partial charge in [0.15, 0.2) is 0 Å². The summed E-state index contributed by atoms with van der Waals surface area (Å²) >= 11 is 1.67. The number of hydrogen-bond donors (Lipinski definition) is 2. The molecule has 0 aromatic heterocycles. The summed E-state index contributed by atoms with van der Waals surface area (Å²) in [6.07, 6.45) is 5.41. The Morgan fingerprint density at radius 3 is 2.55 bits per heavy atom. The highest BCUT2D eigenvalue weighted by atomic mass is 32.2. The van der Waals surface area contributed by atoms with Gasteiger partial charge in [0.1, 0.15) is 6.04 Å². The summed E-state index contributed by atoms with van der Waals surface area (Å²) in [6.45, 7) is 0. The van der Waals surface area contributed by atoms with Crippen LogP contribution >= 0.6 is 11.8 Å². The van der Waals surface area contributed by atoms with Crippen molar-refractivity contribution < 1.29 is 14.7 Å². The number of nitrogens with one attached hydrogen (secondary N) is 1. The minimum Gasteiger partial charge on any atom is -0.480 e. The molecule has 5 unspecified atom stereocenters. The van der Waals surface area contributed by atoms with Crippen LogP contribution in [0, 0.1) is 11.8 Å². The molecule has 4 rings (SSSR count). The quantitative estimate of drug-likeness (QED) is 0.809. The molecule has 5 nitrogen and oxygen atoms in total. The van der Waals surface area contributed by atoms with E-state index >= 15 is 0 Å². The van der Waals surface area contributed by atoms with Gasteiger partial charge >= 0.3 is 5.97 Å². The topological polar surface area (TPSA) is 69.6 Å². The molecule has 0 radical (unpaired) electrons.